The van der Waals surface area contributed by atoms with Gasteiger partial charge in [0.25, 0.3) is 0 Å². The van der Waals surface area contributed by atoms with Gasteiger partial charge in [0, 0.05) is 25.8 Å². The molecule has 2 aromatic carbocycles. The van der Waals surface area contributed by atoms with Crippen LogP contribution >= 0.6 is 0 Å². The number of rotatable bonds is 4. The standard InChI is InChI=1S/C18H20N2O2/c1-3-20(16-12-8-5-9-13-16)18(22)17(21)19(2)14-15-10-6-4-7-11-15/h4-13H,3,14H2,1-2H3. The van der Waals surface area contributed by atoms with Gasteiger partial charge in [-0.1, -0.05) is 48.5 Å². The molecule has 0 saturated heterocycles. The van der Waals surface area contributed by atoms with Gasteiger partial charge >= 0.3 is 11.8 Å². The minimum Gasteiger partial charge on any atom is -0.333 e. The molecule has 2 rings (SSSR count). The second kappa shape index (κ2) is 7.41. The Morgan fingerprint density at radius 3 is 1.95 bits per heavy atom. The first-order valence-corrected chi connectivity index (χ1v) is 7.29. The summed E-state index contributed by atoms with van der Waals surface area (Å²) in [6.07, 6.45) is 0. The highest BCUT2D eigenvalue weighted by atomic mass is 16.2. The third-order valence-corrected chi connectivity index (χ3v) is 3.42. The Morgan fingerprint density at radius 1 is 0.864 bits per heavy atom. The van der Waals surface area contributed by atoms with E-state index < -0.39 is 11.8 Å². The van der Waals surface area contributed by atoms with Crippen molar-refractivity contribution in [2.24, 2.45) is 0 Å². The number of likely N-dealkylation sites (N-methyl/N-ethyl adjacent to an activating group) is 2. The monoisotopic (exact) mass is 296 g/mol. The molecule has 0 heterocycles. The average Bonchev–Trinajstić information content (AvgIpc) is 2.56. The van der Waals surface area contributed by atoms with Gasteiger partial charge in [-0.25, -0.2) is 0 Å². The molecule has 0 fully saturated rings. The first-order valence-electron chi connectivity index (χ1n) is 7.29. The maximum absolute atomic E-state index is 12.4. The fourth-order valence-corrected chi connectivity index (χ4v) is 2.26. The molecule has 4 nitrogen and oxygen atoms in total. The predicted molar refractivity (Wildman–Crippen MR) is 87.4 cm³/mol. The molecule has 0 radical (unpaired) electrons. The smallest absolute Gasteiger partial charge is 0.316 e. The molecular formula is C18H20N2O2. The van der Waals surface area contributed by atoms with E-state index in [-0.39, 0.29) is 0 Å². The van der Waals surface area contributed by atoms with Crippen LogP contribution in [-0.2, 0) is 16.1 Å². The van der Waals surface area contributed by atoms with E-state index in [4.69, 9.17) is 0 Å². The highest BCUT2D eigenvalue weighted by molar-refractivity contribution is 6.40. The second-order valence-electron chi connectivity index (χ2n) is 5.03. The summed E-state index contributed by atoms with van der Waals surface area (Å²) in [5.74, 6) is -1.01. The fraction of sp³-hybridized carbons (Fsp3) is 0.222. The zero-order valence-corrected chi connectivity index (χ0v) is 12.9. The van der Waals surface area contributed by atoms with E-state index in [1.54, 1.807) is 7.05 Å². The summed E-state index contributed by atoms with van der Waals surface area (Å²) in [5.41, 5.74) is 1.73. The minimum atomic E-state index is -0.507. The molecule has 0 saturated carbocycles. The van der Waals surface area contributed by atoms with E-state index >= 15 is 0 Å². The van der Waals surface area contributed by atoms with Crippen molar-refractivity contribution in [1.82, 2.24) is 4.90 Å². The van der Waals surface area contributed by atoms with Crippen molar-refractivity contribution in [3.8, 4) is 0 Å². The van der Waals surface area contributed by atoms with Crippen LogP contribution in [0, 0.1) is 0 Å². The molecule has 114 valence electrons. The summed E-state index contributed by atoms with van der Waals surface area (Å²) in [4.78, 5) is 27.7. The Balaban J connectivity index is 2.09. The van der Waals surface area contributed by atoms with Crippen molar-refractivity contribution >= 4 is 17.5 Å². The maximum atomic E-state index is 12.4. The van der Waals surface area contributed by atoms with Crippen molar-refractivity contribution in [1.29, 1.82) is 0 Å². The first-order chi connectivity index (χ1) is 10.6. The lowest BCUT2D eigenvalue weighted by molar-refractivity contribution is -0.143. The molecule has 2 aromatic rings. The quantitative estimate of drug-likeness (QED) is 0.814. The zero-order chi connectivity index (χ0) is 15.9. The van der Waals surface area contributed by atoms with Gasteiger partial charge in [-0.15, -0.1) is 0 Å². The normalized spacial score (nSPS) is 10.1. The van der Waals surface area contributed by atoms with Crippen LogP contribution in [0.3, 0.4) is 0 Å². The summed E-state index contributed by atoms with van der Waals surface area (Å²) in [7, 11) is 1.64. The Labute approximate surface area is 131 Å². The largest absolute Gasteiger partial charge is 0.333 e. The number of hydrogen-bond donors (Lipinski definition) is 0. The SMILES string of the molecule is CCN(C(=O)C(=O)N(C)Cc1ccccc1)c1ccccc1. The van der Waals surface area contributed by atoms with E-state index in [1.165, 1.54) is 9.80 Å². The van der Waals surface area contributed by atoms with Crippen LogP contribution in [-0.4, -0.2) is 30.3 Å². The minimum absolute atomic E-state index is 0.414. The average molecular weight is 296 g/mol. The summed E-state index contributed by atoms with van der Waals surface area (Å²) in [5, 5.41) is 0. The molecular weight excluding hydrogens is 276 g/mol. The van der Waals surface area contributed by atoms with Crippen molar-refractivity contribution < 1.29 is 9.59 Å². The molecule has 0 N–H and O–H groups in total. The Hall–Kier alpha value is -2.62. The van der Waals surface area contributed by atoms with E-state index in [2.05, 4.69) is 0 Å². The third-order valence-electron chi connectivity index (χ3n) is 3.42. The Kier molecular flexibility index (Phi) is 5.31. The summed E-state index contributed by atoms with van der Waals surface area (Å²) in [6, 6.07) is 18.8. The van der Waals surface area contributed by atoms with E-state index in [1.807, 2.05) is 67.6 Å². The zero-order valence-electron chi connectivity index (χ0n) is 12.9. The van der Waals surface area contributed by atoms with Crippen LogP contribution in [0.5, 0.6) is 0 Å². The number of hydrogen-bond acceptors (Lipinski definition) is 2. The van der Waals surface area contributed by atoms with Gasteiger partial charge in [0.15, 0.2) is 0 Å². The fourth-order valence-electron chi connectivity index (χ4n) is 2.26. The Bertz CT molecular complexity index is 626. The lowest BCUT2D eigenvalue weighted by Crippen LogP contribution is -2.43. The topological polar surface area (TPSA) is 40.6 Å². The van der Waals surface area contributed by atoms with Gasteiger partial charge < -0.3 is 9.80 Å². The van der Waals surface area contributed by atoms with Crippen molar-refractivity contribution in [3.05, 3.63) is 66.2 Å². The van der Waals surface area contributed by atoms with Gasteiger partial charge in [-0.2, -0.15) is 0 Å². The molecule has 22 heavy (non-hydrogen) atoms. The molecule has 2 amide bonds. The lowest BCUT2D eigenvalue weighted by Gasteiger charge is -2.24. The van der Waals surface area contributed by atoms with Gasteiger partial charge in [-0.05, 0) is 24.6 Å². The molecule has 0 unspecified atom stereocenters. The lowest BCUT2D eigenvalue weighted by atomic mass is 10.2. The van der Waals surface area contributed by atoms with Crippen molar-refractivity contribution in [2.45, 2.75) is 13.5 Å². The van der Waals surface area contributed by atoms with Gasteiger partial charge in [0.05, 0.1) is 0 Å². The molecule has 0 spiro atoms. The Morgan fingerprint density at radius 2 is 1.41 bits per heavy atom. The number of carbonyl (C=O) groups excluding carboxylic acids is 2. The number of amides is 2. The number of nitrogens with zero attached hydrogens (tertiary/aromatic N) is 2. The summed E-state index contributed by atoms with van der Waals surface area (Å²) >= 11 is 0. The van der Waals surface area contributed by atoms with E-state index in [0.29, 0.717) is 13.1 Å². The highest BCUT2D eigenvalue weighted by Gasteiger charge is 2.25. The molecule has 0 aliphatic rings. The number of para-hydroxylation sites is 1. The highest BCUT2D eigenvalue weighted by Crippen LogP contribution is 2.14. The van der Waals surface area contributed by atoms with E-state index in [9.17, 15) is 9.59 Å². The van der Waals surface area contributed by atoms with Crippen LogP contribution in [0.15, 0.2) is 60.7 Å². The second-order valence-corrected chi connectivity index (χ2v) is 5.03. The molecule has 0 aliphatic heterocycles. The van der Waals surface area contributed by atoms with Crippen LogP contribution in [0.2, 0.25) is 0 Å². The van der Waals surface area contributed by atoms with Gasteiger partial charge in [0.1, 0.15) is 0 Å². The summed E-state index contributed by atoms with van der Waals surface area (Å²) in [6.45, 7) is 2.72. The van der Waals surface area contributed by atoms with Gasteiger partial charge in [-0.3, -0.25) is 9.59 Å². The van der Waals surface area contributed by atoms with E-state index in [0.717, 1.165) is 11.3 Å². The van der Waals surface area contributed by atoms with Gasteiger partial charge in [0.2, 0.25) is 0 Å². The maximum Gasteiger partial charge on any atom is 0.316 e. The summed E-state index contributed by atoms with van der Waals surface area (Å²) < 4.78 is 0. The number of benzene rings is 2. The van der Waals surface area contributed by atoms with Crippen molar-refractivity contribution in [2.75, 3.05) is 18.5 Å². The van der Waals surface area contributed by atoms with Crippen LogP contribution < -0.4 is 4.90 Å². The first kappa shape index (κ1) is 15.8. The third kappa shape index (κ3) is 3.73. The molecule has 0 bridgehead atoms. The van der Waals surface area contributed by atoms with Crippen LogP contribution in [0.4, 0.5) is 5.69 Å². The molecule has 4 heteroatoms. The number of anilines is 1. The van der Waals surface area contributed by atoms with Crippen LogP contribution in [0.25, 0.3) is 0 Å². The number of carbonyl (C=O) groups is 2. The molecule has 0 aromatic heterocycles. The molecule has 0 atom stereocenters. The predicted octanol–water partition coefficient (Wildman–Crippen LogP) is 2.70. The van der Waals surface area contributed by atoms with Crippen molar-refractivity contribution in [3.63, 3.8) is 0 Å². The molecule has 0 aliphatic carbocycles. The van der Waals surface area contributed by atoms with Crippen LogP contribution in [0.1, 0.15) is 12.5 Å².